The molecule has 0 fully saturated rings. The lowest BCUT2D eigenvalue weighted by molar-refractivity contribution is 0.0909. The molecule has 0 bridgehead atoms. The van der Waals surface area contributed by atoms with Crippen molar-refractivity contribution in [1.29, 1.82) is 0 Å². The first-order chi connectivity index (χ1) is 8.58. The van der Waals surface area contributed by atoms with Crippen LogP contribution in [0.4, 0.5) is 0 Å². The lowest BCUT2D eigenvalue weighted by Crippen LogP contribution is -2.25. The highest BCUT2D eigenvalue weighted by Gasteiger charge is 2.19. The van der Waals surface area contributed by atoms with Crippen LogP contribution in [0.1, 0.15) is 49.5 Å². The minimum atomic E-state index is -0.0398. The Morgan fingerprint density at radius 1 is 1.22 bits per heavy atom. The van der Waals surface area contributed by atoms with Gasteiger partial charge in [-0.2, -0.15) is 0 Å². The summed E-state index contributed by atoms with van der Waals surface area (Å²) in [7, 11) is 0. The molecule has 0 amide bonds. The first-order valence-electron chi connectivity index (χ1n) is 6.91. The van der Waals surface area contributed by atoms with Crippen molar-refractivity contribution in [1.82, 2.24) is 0 Å². The molecule has 2 N–H and O–H groups in total. The van der Waals surface area contributed by atoms with Crippen LogP contribution in [-0.4, -0.2) is 12.3 Å². The number of carbonyl (C=O) groups is 1. The van der Waals surface area contributed by atoms with E-state index < -0.39 is 0 Å². The van der Waals surface area contributed by atoms with Crippen molar-refractivity contribution in [3.63, 3.8) is 0 Å². The second kappa shape index (κ2) is 7.32. The number of nitrogens with two attached hydrogens (primary N) is 1. The summed E-state index contributed by atoms with van der Waals surface area (Å²) < 4.78 is 0. The van der Waals surface area contributed by atoms with Crippen molar-refractivity contribution in [3.8, 4) is 0 Å². The normalized spacial score (nSPS) is 12.7. The molecule has 100 valence electrons. The zero-order chi connectivity index (χ0) is 13.5. The molecule has 18 heavy (non-hydrogen) atoms. The maximum Gasteiger partial charge on any atom is 0.167 e. The molecule has 0 saturated heterocycles. The number of aryl methyl sites for hydroxylation is 1. The highest BCUT2D eigenvalue weighted by Crippen LogP contribution is 2.17. The number of benzene rings is 1. The lowest BCUT2D eigenvalue weighted by atomic mass is 9.89. The van der Waals surface area contributed by atoms with Crippen LogP contribution in [0.15, 0.2) is 24.3 Å². The van der Waals surface area contributed by atoms with Gasteiger partial charge in [-0.1, -0.05) is 51.5 Å². The van der Waals surface area contributed by atoms with Gasteiger partial charge < -0.3 is 5.73 Å². The molecule has 1 rings (SSSR count). The highest BCUT2D eigenvalue weighted by atomic mass is 16.1. The van der Waals surface area contributed by atoms with Gasteiger partial charge in [0.2, 0.25) is 0 Å². The number of hydrogen-bond acceptors (Lipinski definition) is 2. The van der Waals surface area contributed by atoms with Crippen molar-refractivity contribution < 1.29 is 4.79 Å². The summed E-state index contributed by atoms with van der Waals surface area (Å²) in [5.74, 6) is 0.651. The minimum Gasteiger partial charge on any atom is -0.330 e. The molecule has 0 aromatic heterocycles. The second-order valence-corrected chi connectivity index (χ2v) is 5.37. The maximum absolute atomic E-state index is 12.3. The molecule has 1 atom stereocenters. The van der Waals surface area contributed by atoms with Crippen molar-refractivity contribution in [2.24, 2.45) is 17.6 Å². The number of ketones is 1. The molecule has 0 heterocycles. The average molecular weight is 247 g/mol. The van der Waals surface area contributed by atoms with Gasteiger partial charge in [0.05, 0.1) is 0 Å². The fourth-order valence-electron chi connectivity index (χ4n) is 2.24. The highest BCUT2D eigenvalue weighted by molar-refractivity contribution is 5.98. The zero-order valence-corrected chi connectivity index (χ0v) is 11.8. The molecule has 2 nitrogen and oxygen atoms in total. The van der Waals surface area contributed by atoms with Crippen molar-refractivity contribution in [3.05, 3.63) is 35.4 Å². The van der Waals surface area contributed by atoms with Gasteiger partial charge >= 0.3 is 0 Å². The maximum atomic E-state index is 12.3. The van der Waals surface area contributed by atoms with Gasteiger partial charge in [0.1, 0.15) is 0 Å². The van der Waals surface area contributed by atoms with Gasteiger partial charge in [0, 0.05) is 18.0 Å². The van der Waals surface area contributed by atoms with Gasteiger partial charge in [0.25, 0.3) is 0 Å². The minimum absolute atomic E-state index is 0.0398. The molecule has 0 spiro atoms. The lowest BCUT2D eigenvalue weighted by Gasteiger charge is -2.16. The molecule has 2 heteroatoms. The van der Waals surface area contributed by atoms with Gasteiger partial charge in [-0.25, -0.2) is 0 Å². The van der Waals surface area contributed by atoms with E-state index in [1.807, 2.05) is 12.1 Å². The fraction of sp³-hybridized carbons (Fsp3) is 0.562. The van der Waals surface area contributed by atoms with E-state index in [4.69, 9.17) is 5.73 Å². The molecular weight excluding hydrogens is 222 g/mol. The van der Waals surface area contributed by atoms with Gasteiger partial charge in [-0.15, -0.1) is 0 Å². The molecule has 1 aromatic rings. The van der Waals surface area contributed by atoms with Crippen molar-refractivity contribution in [2.75, 3.05) is 6.54 Å². The number of rotatable bonds is 7. The van der Waals surface area contributed by atoms with Crippen molar-refractivity contribution >= 4 is 5.78 Å². The molecule has 0 aliphatic carbocycles. The van der Waals surface area contributed by atoms with E-state index in [1.54, 1.807) is 0 Å². The van der Waals surface area contributed by atoms with Crippen LogP contribution in [-0.2, 0) is 6.42 Å². The Labute approximate surface area is 111 Å². The Balaban J connectivity index is 2.75. The largest absolute Gasteiger partial charge is 0.330 e. The molecule has 1 aromatic carbocycles. The zero-order valence-electron chi connectivity index (χ0n) is 11.8. The number of carbonyl (C=O) groups excluding carboxylic acids is 1. The van der Waals surface area contributed by atoms with E-state index in [9.17, 15) is 4.79 Å². The van der Waals surface area contributed by atoms with Crippen LogP contribution in [0.3, 0.4) is 0 Å². The number of hydrogen-bond donors (Lipinski definition) is 1. The average Bonchev–Trinajstić information content (AvgIpc) is 2.36. The van der Waals surface area contributed by atoms with E-state index in [2.05, 4.69) is 32.9 Å². The monoisotopic (exact) mass is 247 g/mol. The Hall–Kier alpha value is -1.15. The summed E-state index contributed by atoms with van der Waals surface area (Å²) in [4.78, 5) is 12.3. The molecule has 0 aliphatic rings. The van der Waals surface area contributed by atoms with Gasteiger partial charge in [-0.3, -0.25) is 4.79 Å². The van der Waals surface area contributed by atoms with Crippen LogP contribution < -0.4 is 5.73 Å². The Kier molecular flexibility index (Phi) is 6.06. The first-order valence-corrected chi connectivity index (χ1v) is 6.91. The molecule has 0 radical (unpaired) electrons. The summed E-state index contributed by atoms with van der Waals surface area (Å²) in [5, 5.41) is 0. The van der Waals surface area contributed by atoms with E-state index in [-0.39, 0.29) is 11.7 Å². The predicted molar refractivity (Wildman–Crippen MR) is 76.8 cm³/mol. The Morgan fingerprint density at radius 2 is 1.83 bits per heavy atom. The summed E-state index contributed by atoms with van der Waals surface area (Å²) in [6.45, 7) is 6.85. The second-order valence-electron chi connectivity index (χ2n) is 5.37. The van der Waals surface area contributed by atoms with E-state index in [1.165, 1.54) is 5.56 Å². The smallest absolute Gasteiger partial charge is 0.167 e. The third kappa shape index (κ3) is 4.26. The summed E-state index contributed by atoms with van der Waals surface area (Å²) in [6.07, 6.45) is 3.07. The van der Waals surface area contributed by atoms with Crippen LogP contribution in [0.25, 0.3) is 0 Å². The fourth-order valence-corrected chi connectivity index (χ4v) is 2.24. The molecular formula is C16H25NO. The van der Waals surface area contributed by atoms with Crippen LogP contribution in [0.5, 0.6) is 0 Å². The first kappa shape index (κ1) is 14.9. The SMILES string of the molecule is CCCc1ccc(C(=O)C(CN)CC(C)C)cc1. The molecule has 0 saturated carbocycles. The van der Waals surface area contributed by atoms with Gasteiger partial charge in [-0.05, 0) is 24.3 Å². The van der Waals surface area contributed by atoms with Crippen LogP contribution >= 0.6 is 0 Å². The summed E-state index contributed by atoms with van der Waals surface area (Å²) in [6, 6.07) is 7.99. The predicted octanol–water partition coefficient (Wildman–Crippen LogP) is 3.44. The molecule has 0 aliphatic heterocycles. The topological polar surface area (TPSA) is 43.1 Å². The van der Waals surface area contributed by atoms with Crippen LogP contribution in [0, 0.1) is 11.8 Å². The third-order valence-electron chi connectivity index (χ3n) is 3.19. The standard InChI is InChI=1S/C16H25NO/c1-4-5-13-6-8-14(9-7-13)16(18)15(11-17)10-12(2)3/h6-9,12,15H,4-5,10-11,17H2,1-3H3. The quantitative estimate of drug-likeness (QED) is 0.750. The van der Waals surface area contributed by atoms with E-state index in [0.29, 0.717) is 12.5 Å². The summed E-state index contributed by atoms with van der Waals surface area (Å²) in [5.41, 5.74) is 7.81. The third-order valence-corrected chi connectivity index (χ3v) is 3.19. The van der Waals surface area contributed by atoms with E-state index in [0.717, 1.165) is 24.8 Å². The Morgan fingerprint density at radius 3 is 2.28 bits per heavy atom. The van der Waals surface area contributed by atoms with Gasteiger partial charge in [0.15, 0.2) is 5.78 Å². The van der Waals surface area contributed by atoms with Crippen LogP contribution in [0.2, 0.25) is 0 Å². The molecule has 1 unspecified atom stereocenters. The van der Waals surface area contributed by atoms with Crippen molar-refractivity contribution in [2.45, 2.75) is 40.0 Å². The summed E-state index contributed by atoms with van der Waals surface area (Å²) >= 11 is 0. The number of Topliss-reactive ketones (excluding diaryl/α,β-unsaturated/α-hetero) is 1. The Bertz CT molecular complexity index is 367. The van der Waals surface area contributed by atoms with E-state index >= 15 is 0 Å².